The van der Waals surface area contributed by atoms with Crippen LogP contribution >= 0.6 is 0 Å². The minimum Gasteiger partial charge on any atom is -0.490 e. The summed E-state index contributed by atoms with van der Waals surface area (Å²) in [7, 11) is 0. The van der Waals surface area contributed by atoms with Crippen LogP contribution in [0.3, 0.4) is 0 Å². The molecule has 1 saturated carbocycles. The maximum Gasteiger partial charge on any atom is 0.417 e. The van der Waals surface area contributed by atoms with Crippen LogP contribution in [-0.2, 0) is 6.18 Å². The van der Waals surface area contributed by atoms with E-state index in [2.05, 4.69) is 0 Å². The SMILES string of the molecule is NC(=O)c1c(OC2CC2)cccc1C(F)(F)F. The van der Waals surface area contributed by atoms with Crippen molar-refractivity contribution in [2.75, 3.05) is 0 Å². The van der Waals surface area contributed by atoms with Crippen molar-refractivity contribution >= 4 is 5.91 Å². The Balaban J connectivity index is 2.47. The van der Waals surface area contributed by atoms with Crippen molar-refractivity contribution in [2.45, 2.75) is 25.1 Å². The van der Waals surface area contributed by atoms with Crippen LogP contribution in [0.15, 0.2) is 18.2 Å². The van der Waals surface area contributed by atoms with Crippen molar-refractivity contribution < 1.29 is 22.7 Å². The summed E-state index contributed by atoms with van der Waals surface area (Å²) in [5, 5.41) is 0. The number of benzene rings is 1. The zero-order valence-corrected chi connectivity index (χ0v) is 8.75. The van der Waals surface area contributed by atoms with Crippen molar-refractivity contribution in [1.29, 1.82) is 0 Å². The van der Waals surface area contributed by atoms with E-state index in [0.29, 0.717) is 0 Å². The summed E-state index contributed by atoms with van der Waals surface area (Å²) < 4.78 is 43.3. The first-order valence-corrected chi connectivity index (χ1v) is 5.06. The highest BCUT2D eigenvalue weighted by Gasteiger charge is 2.37. The Morgan fingerprint density at radius 1 is 1.35 bits per heavy atom. The van der Waals surface area contributed by atoms with Crippen LogP contribution in [0.5, 0.6) is 5.75 Å². The van der Waals surface area contributed by atoms with Crippen LogP contribution in [-0.4, -0.2) is 12.0 Å². The number of ether oxygens (including phenoxy) is 1. The fourth-order valence-electron chi connectivity index (χ4n) is 1.49. The molecule has 1 aliphatic rings. The Morgan fingerprint density at radius 2 is 2.00 bits per heavy atom. The number of hydrogen-bond donors (Lipinski definition) is 1. The Morgan fingerprint density at radius 3 is 2.47 bits per heavy atom. The number of alkyl halides is 3. The summed E-state index contributed by atoms with van der Waals surface area (Å²) in [5.41, 5.74) is 3.35. The molecular weight excluding hydrogens is 235 g/mol. The quantitative estimate of drug-likeness (QED) is 0.888. The van der Waals surface area contributed by atoms with Gasteiger partial charge in [0.25, 0.3) is 5.91 Å². The molecule has 0 radical (unpaired) electrons. The first-order valence-electron chi connectivity index (χ1n) is 5.06. The molecule has 2 rings (SSSR count). The highest BCUT2D eigenvalue weighted by atomic mass is 19.4. The van der Waals surface area contributed by atoms with Gasteiger partial charge in [0.15, 0.2) is 0 Å². The number of carbonyl (C=O) groups is 1. The Labute approximate surface area is 95.4 Å². The molecular formula is C11H10F3NO2. The number of carbonyl (C=O) groups excluding carboxylic acids is 1. The summed E-state index contributed by atoms with van der Waals surface area (Å²) in [6, 6.07) is 3.35. The molecule has 1 aromatic carbocycles. The normalized spacial score (nSPS) is 15.7. The predicted octanol–water partition coefficient (Wildman–Crippen LogP) is 2.35. The van der Waals surface area contributed by atoms with Gasteiger partial charge in [-0.2, -0.15) is 13.2 Å². The summed E-state index contributed by atoms with van der Waals surface area (Å²) in [5.74, 6) is -1.22. The molecule has 1 fully saturated rings. The van der Waals surface area contributed by atoms with Crippen molar-refractivity contribution in [3.63, 3.8) is 0 Å². The van der Waals surface area contributed by atoms with Gasteiger partial charge >= 0.3 is 6.18 Å². The molecule has 0 bridgehead atoms. The van der Waals surface area contributed by atoms with E-state index in [0.717, 1.165) is 18.9 Å². The molecule has 1 aliphatic carbocycles. The van der Waals surface area contributed by atoms with Gasteiger partial charge in [0.05, 0.1) is 17.2 Å². The first kappa shape index (κ1) is 11.8. The number of nitrogens with two attached hydrogens (primary N) is 1. The Bertz CT molecular complexity index is 453. The minimum atomic E-state index is -4.62. The second-order valence-corrected chi connectivity index (χ2v) is 3.86. The van der Waals surface area contributed by atoms with Gasteiger partial charge in [0, 0.05) is 0 Å². The monoisotopic (exact) mass is 245 g/mol. The molecule has 0 heterocycles. The summed E-state index contributed by atoms with van der Waals surface area (Å²) in [6.07, 6.45) is -3.15. The number of halogens is 3. The third-order valence-corrected chi connectivity index (χ3v) is 2.40. The standard InChI is InChI=1S/C11H10F3NO2/c12-11(13,14)7-2-1-3-8(9(7)10(15)16)17-6-4-5-6/h1-3,6H,4-5H2,(H2,15,16). The van der Waals surface area contributed by atoms with Crippen LogP contribution in [0.25, 0.3) is 0 Å². The van der Waals surface area contributed by atoms with E-state index >= 15 is 0 Å². The molecule has 6 heteroatoms. The molecule has 3 nitrogen and oxygen atoms in total. The molecule has 1 amide bonds. The number of rotatable bonds is 3. The van der Waals surface area contributed by atoms with Gasteiger partial charge in [-0.3, -0.25) is 4.79 Å². The highest BCUT2D eigenvalue weighted by molar-refractivity contribution is 5.97. The lowest BCUT2D eigenvalue weighted by atomic mass is 10.1. The van der Waals surface area contributed by atoms with E-state index in [1.807, 2.05) is 0 Å². The van der Waals surface area contributed by atoms with Gasteiger partial charge in [0.1, 0.15) is 5.75 Å². The van der Waals surface area contributed by atoms with Crippen LogP contribution in [0.2, 0.25) is 0 Å². The van der Waals surface area contributed by atoms with E-state index in [-0.39, 0.29) is 11.9 Å². The van der Waals surface area contributed by atoms with Crippen molar-refractivity contribution in [2.24, 2.45) is 5.73 Å². The van der Waals surface area contributed by atoms with E-state index in [4.69, 9.17) is 10.5 Å². The Hall–Kier alpha value is -1.72. The van der Waals surface area contributed by atoms with Gasteiger partial charge in [-0.15, -0.1) is 0 Å². The van der Waals surface area contributed by atoms with Crippen LogP contribution in [0.1, 0.15) is 28.8 Å². The molecule has 1 aromatic rings. The molecule has 0 saturated heterocycles. The maximum absolute atomic E-state index is 12.7. The average molecular weight is 245 g/mol. The largest absolute Gasteiger partial charge is 0.490 e. The van der Waals surface area contributed by atoms with E-state index in [1.165, 1.54) is 12.1 Å². The van der Waals surface area contributed by atoms with Crippen LogP contribution < -0.4 is 10.5 Å². The zero-order valence-electron chi connectivity index (χ0n) is 8.75. The third-order valence-electron chi connectivity index (χ3n) is 2.40. The van der Waals surface area contributed by atoms with Gasteiger partial charge in [-0.05, 0) is 25.0 Å². The first-order chi connectivity index (χ1) is 7.89. The fourth-order valence-corrected chi connectivity index (χ4v) is 1.49. The molecule has 0 atom stereocenters. The van der Waals surface area contributed by atoms with Crippen molar-refractivity contribution in [3.05, 3.63) is 29.3 Å². The second-order valence-electron chi connectivity index (χ2n) is 3.86. The van der Waals surface area contributed by atoms with E-state index < -0.39 is 23.2 Å². The maximum atomic E-state index is 12.7. The second kappa shape index (κ2) is 3.94. The van der Waals surface area contributed by atoms with Crippen LogP contribution in [0.4, 0.5) is 13.2 Å². The number of hydrogen-bond acceptors (Lipinski definition) is 2. The lowest BCUT2D eigenvalue weighted by Gasteiger charge is -2.14. The molecule has 0 aliphatic heterocycles. The summed E-state index contributed by atoms with van der Waals surface area (Å²) >= 11 is 0. The van der Waals surface area contributed by atoms with Crippen molar-refractivity contribution in [3.8, 4) is 5.75 Å². The van der Waals surface area contributed by atoms with Gasteiger partial charge < -0.3 is 10.5 Å². The summed E-state index contributed by atoms with van der Waals surface area (Å²) in [4.78, 5) is 11.1. The molecule has 0 unspecified atom stereocenters. The summed E-state index contributed by atoms with van der Waals surface area (Å²) in [6.45, 7) is 0. The minimum absolute atomic E-state index is 0.0881. The van der Waals surface area contributed by atoms with E-state index in [1.54, 1.807) is 0 Å². The zero-order chi connectivity index (χ0) is 12.6. The molecule has 0 spiro atoms. The number of amides is 1. The topological polar surface area (TPSA) is 52.3 Å². The lowest BCUT2D eigenvalue weighted by molar-refractivity contribution is -0.138. The predicted molar refractivity (Wildman–Crippen MR) is 53.6 cm³/mol. The van der Waals surface area contributed by atoms with Crippen LogP contribution in [0, 0.1) is 0 Å². The fraction of sp³-hybridized carbons (Fsp3) is 0.364. The molecule has 0 aromatic heterocycles. The van der Waals surface area contributed by atoms with Crippen molar-refractivity contribution in [1.82, 2.24) is 0 Å². The lowest BCUT2D eigenvalue weighted by Crippen LogP contribution is -2.20. The van der Waals surface area contributed by atoms with Gasteiger partial charge in [0.2, 0.25) is 0 Å². The average Bonchev–Trinajstić information content (AvgIpc) is 2.99. The number of primary amides is 1. The molecule has 92 valence electrons. The van der Waals surface area contributed by atoms with E-state index in [9.17, 15) is 18.0 Å². The van der Waals surface area contributed by atoms with Gasteiger partial charge in [-0.1, -0.05) is 6.07 Å². The Kier molecular flexibility index (Phi) is 2.73. The van der Waals surface area contributed by atoms with Gasteiger partial charge in [-0.25, -0.2) is 0 Å². The smallest absolute Gasteiger partial charge is 0.417 e. The highest BCUT2D eigenvalue weighted by Crippen LogP contribution is 2.37. The third kappa shape index (κ3) is 2.51. The molecule has 2 N–H and O–H groups in total. The molecule has 17 heavy (non-hydrogen) atoms.